The average Bonchev–Trinajstić information content (AvgIpc) is 3.30. The number of likely N-dealkylation sites (tertiary alicyclic amines) is 1. The fourth-order valence-electron chi connectivity index (χ4n) is 4.98. The van der Waals surface area contributed by atoms with Crippen LogP contribution < -0.4 is 15.4 Å². The number of carbonyl (C=O) groups is 1. The highest BCUT2D eigenvalue weighted by atomic mass is 32.1. The van der Waals surface area contributed by atoms with Crippen LogP contribution >= 0.6 is 11.3 Å². The second kappa shape index (κ2) is 10.0. The summed E-state index contributed by atoms with van der Waals surface area (Å²) in [5.74, 6) is -0.367. The molecule has 5 rings (SSSR count). The molecular weight excluding hydrogens is 476 g/mol. The van der Waals surface area contributed by atoms with Crippen LogP contribution in [0.3, 0.4) is 0 Å². The van der Waals surface area contributed by atoms with Crippen molar-refractivity contribution in [3.63, 3.8) is 0 Å². The maximum Gasteiger partial charge on any atom is 0.375 e. The van der Waals surface area contributed by atoms with E-state index < -0.39 is 5.97 Å². The molecule has 7 nitrogen and oxygen atoms in total. The van der Waals surface area contributed by atoms with Gasteiger partial charge in [0.1, 0.15) is 22.7 Å². The Morgan fingerprint density at radius 3 is 2.69 bits per heavy atom. The first-order chi connectivity index (χ1) is 17.4. The van der Waals surface area contributed by atoms with Crippen molar-refractivity contribution in [1.29, 1.82) is 0 Å². The highest BCUT2D eigenvalue weighted by molar-refractivity contribution is 7.21. The number of carbonyl (C=O) groups excluding carboxylic acids is 1. The minimum atomic E-state index is -0.733. The minimum Gasteiger partial charge on any atom is -0.872 e. The van der Waals surface area contributed by atoms with Gasteiger partial charge in [0.15, 0.2) is 0 Å². The van der Waals surface area contributed by atoms with Crippen LogP contribution in [0.25, 0.3) is 31.8 Å². The van der Waals surface area contributed by atoms with Gasteiger partial charge >= 0.3 is 5.97 Å². The van der Waals surface area contributed by atoms with Crippen molar-refractivity contribution in [1.82, 2.24) is 4.98 Å². The lowest BCUT2D eigenvalue weighted by Crippen LogP contribution is -3.11. The van der Waals surface area contributed by atoms with Crippen LogP contribution in [-0.2, 0) is 17.7 Å². The summed E-state index contributed by atoms with van der Waals surface area (Å²) in [6.07, 6.45) is 2.69. The molecule has 2 aromatic carbocycles. The molecular formula is C28H30N2O5S. The quantitative estimate of drug-likeness (QED) is 0.401. The van der Waals surface area contributed by atoms with Crippen molar-refractivity contribution in [3.05, 3.63) is 57.4 Å². The molecule has 1 fully saturated rings. The number of benzene rings is 2. The Labute approximate surface area is 213 Å². The summed E-state index contributed by atoms with van der Waals surface area (Å²) < 4.78 is 12.4. The van der Waals surface area contributed by atoms with Crippen molar-refractivity contribution in [2.45, 2.75) is 46.6 Å². The van der Waals surface area contributed by atoms with E-state index in [0.717, 1.165) is 36.1 Å². The number of rotatable bonds is 6. The van der Waals surface area contributed by atoms with Crippen LogP contribution in [0.4, 0.5) is 0 Å². The van der Waals surface area contributed by atoms with Crippen molar-refractivity contribution < 1.29 is 24.0 Å². The fraction of sp³-hybridized carbons (Fsp3) is 0.393. The topological polar surface area (TPSA) is 96.9 Å². The Morgan fingerprint density at radius 2 is 2.00 bits per heavy atom. The summed E-state index contributed by atoms with van der Waals surface area (Å²) in [6.45, 7) is 8.35. The third kappa shape index (κ3) is 4.40. The first-order valence-corrected chi connectivity index (χ1v) is 13.4. The lowest BCUT2D eigenvalue weighted by atomic mass is 9.97. The van der Waals surface area contributed by atoms with E-state index in [1.54, 1.807) is 13.0 Å². The van der Waals surface area contributed by atoms with Gasteiger partial charge in [-0.3, -0.25) is 4.79 Å². The van der Waals surface area contributed by atoms with Gasteiger partial charge in [-0.15, -0.1) is 11.3 Å². The minimum absolute atomic E-state index is 0.0907. The van der Waals surface area contributed by atoms with Crippen LogP contribution in [0.2, 0.25) is 0 Å². The molecule has 36 heavy (non-hydrogen) atoms. The van der Waals surface area contributed by atoms with Crippen LogP contribution in [0, 0.1) is 5.92 Å². The molecule has 2 aromatic heterocycles. The van der Waals surface area contributed by atoms with Gasteiger partial charge in [0.25, 0.3) is 0 Å². The Morgan fingerprint density at radius 1 is 1.25 bits per heavy atom. The first kappa shape index (κ1) is 24.5. The first-order valence-electron chi connectivity index (χ1n) is 12.6. The third-order valence-corrected chi connectivity index (χ3v) is 8.12. The van der Waals surface area contributed by atoms with Crippen LogP contribution in [0.1, 0.15) is 55.3 Å². The fourth-order valence-corrected chi connectivity index (χ4v) is 5.98. The van der Waals surface area contributed by atoms with E-state index in [-0.39, 0.29) is 34.7 Å². The van der Waals surface area contributed by atoms with Crippen LogP contribution in [0.5, 0.6) is 5.75 Å². The molecule has 0 atom stereocenters. The molecule has 0 bridgehead atoms. The number of para-hydroxylation sites is 1. The van der Waals surface area contributed by atoms with E-state index in [1.807, 2.05) is 31.2 Å². The zero-order chi connectivity index (χ0) is 25.4. The monoisotopic (exact) mass is 506 g/mol. The van der Waals surface area contributed by atoms with E-state index in [4.69, 9.17) is 9.15 Å². The number of hydrogen-bond donors (Lipinski definition) is 1. The highest BCUT2D eigenvalue weighted by Gasteiger charge is 2.28. The maximum atomic E-state index is 14.0. The molecule has 0 saturated carbocycles. The van der Waals surface area contributed by atoms with Crippen LogP contribution in [-0.4, -0.2) is 30.6 Å². The molecule has 188 valence electrons. The number of nitrogens with zero attached hydrogens (tertiary/aromatic N) is 1. The van der Waals surface area contributed by atoms with E-state index in [0.29, 0.717) is 40.4 Å². The Hall–Kier alpha value is -3.23. The van der Waals surface area contributed by atoms with Crippen LogP contribution in [0.15, 0.2) is 39.5 Å². The standard InChI is InChI=1S/C28H30N2O5S/c1-4-17-14-18-24(32)22(27-29-20-8-6-7-9-21(20)36-27)26(28(33)34-5-2)35-25(18)19(23(17)31)15-30-12-10-16(3)11-13-30/h6-9,14,16,31H,4-5,10-13,15H2,1-3H3. The Bertz CT molecular complexity index is 1460. The van der Waals surface area contributed by atoms with Gasteiger partial charge in [-0.2, -0.15) is 0 Å². The summed E-state index contributed by atoms with van der Waals surface area (Å²) in [7, 11) is 0. The number of aryl methyl sites for hydroxylation is 1. The van der Waals surface area contributed by atoms with Crippen molar-refractivity contribution in [2.75, 3.05) is 19.7 Å². The number of piperidine rings is 1. The SMILES string of the molecule is CCOC(=O)c1oc2c(C[NH+]3CCC(C)CC3)c([O-])c(CC)cc2c(=O)c1-c1nc2ccccc2s1. The summed E-state index contributed by atoms with van der Waals surface area (Å²) in [5, 5.41) is 14.2. The molecule has 0 unspecified atom stereocenters. The maximum absolute atomic E-state index is 14.0. The smallest absolute Gasteiger partial charge is 0.375 e. The van der Waals surface area contributed by atoms with E-state index in [1.165, 1.54) is 16.2 Å². The van der Waals surface area contributed by atoms with Gasteiger partial charge in [-0.1, -0.05) is 37.3 Å². The molecule has 8 heteroatoms. The molecule has 0 spiro atoms. The zero-order valence-electron chi connectivity index (χ0n) is 20.8. The third-order valence-electron chi connectivity index (χ3n) is 7.06. The number of aromatic nitrogens is 1. The number of esters is 1. The van der Waals surface area contributed by atoms with Gasteiger partial charge in [0.05, 0.1) is 35.3 Å². The van der Waals surface area contributed by atoms with Gasteiger partial charge < -0.3 is 19.2 Å². The second-order valence-electron chi connectivity index (χ2n) is 9.53. The zero-order valence-corrected chi connectivity index (χ0v) is 21.6. The predicted molar refractivity (Wildman–Crippen MR) is 139 cm³/mol. The number of thiazole rings is 1. The molecule has 1 N–H and O–H groups in total. The van der Waals surface area contributed by atoms with Gasteiger partial charge in [0, 0.05) is 5.56 Å². The number of hydrogen-bond acceptors (Lipinski definition) is 7. The lowest BCUT2D eigenvalue weighted by molar-refractivity contribution is -0.919. The largest absolute Gasteiger partial charge is 0.872 e. The Kier molecular flexibility index (Phi) is 6.81. The van der Waals surface area contributed by atoms with Crippen molar-refractivity contribution in [2.24, 2.45) is 5.92 Å². The summed E-state index contributed by atoms with van der Waals surface area (Å²) in [6, 6.07) is 9.19. The van der Waals surface area contributed by atoms with E-state index >= 15 is 0 Å². The van der Waals surface area contributed by atoms with Crippen molar-refractivity contribution >= 4 is 38.5 Å². The molecule has 1 aliphatic rings. The second-order valence-corrected chi connectivity index (χ2v) is 10.6. The Balaban J connectivity index is 1.76. The number of nitrogens with one attached hydrogen (secondary N) is 1. The molecule has 0 aliphatic carbocycles. The highest BCUT2D eigenvalue weighted by Crippen LogP contribution is 2.35. The summed E-state index contributed by atoms with van der Waals surface area (Å²) in [4.78, 5) is 32.9. The van der Waals surface area contributed by atoms with Gasteiger partial charge in [-0.25, -0.2) is 9.78 Å². The summed E-state index contributed by atoms with van der Waals surface area (Å²) >= 11 is 1.32. The van der Waals surface area contributed by atoms with Gasteiger partial charge in [-0.05, 0) is 50.3 Å². The lowest BCUT2D eigenvalue weighted by Gasteiger charge is -2.29. The predicted octanol–water partition coefficient (Wildman–Crippen LogP) is 3.70. The molecule has 4 aromatic rings. The molecule has 1 aliphatic heterocycles. The average molecular weight is 507 g/mol. The van der Waals surface area contributed by atoms with E-state index in [9.17, 15) is 14.7 Å². The molecule has 1 saturated heterocycles. The number of quaternary nitrogens is 1. The van der Waals surface area contributed by atoms with E-state index in [2.05, 4.69) is 11.9 Å². The molecule has 3 heterocycles. The normalized spacial score (nSPS) is 18.1. The number of ether oxygens (including phenoxy) is 1. The number of fused-ring (bicyclic) bond motifs is 2. The van der Waals surface area contributed by atoms with Gasteiger partial charge in [0.2, 0.25) is 11.2 Å². The van der Waals surface area contributed by atoms with Crippen molar-refractivity contribution in [3.8, 4) is 16.3 Å². The summed E-state index contributed by atoms with van der Waals surface area (Å²) in [5.41, 5.74) is 1.70. The molecule has 0 radical (unpaired) electrons. The molecule has 0 amide bonds.